The molecule has 0 amide bonds. The SMILES string of the molecule is C=CCOCC(CC)(COCC=C)COCCCC. The van der Waals surface area contributed by atoms with Gasteiger partial charge in [-0.3, -0.25) is 0 Å². The maximum Gasteiger partial charge on any atom is 0.0645 e. The van der Waals surface area contributed by atoms with Crippen LogP contribution in [0.2, 0.25) is 0 Å². The Labute approximate surface area is 118 Å². The molecule has 112 valence electrons. The van der Waals surface area contributed by atoms with Crippen LogP contribution < -0.4 is 0 Å². The summed E-state index contributed by atoms with van der Waals surface area (Å²) in [5, 5.41) is 0. The van der Waals surface area contributed by atoms with Crippen LogP contribution in [-0.2, 0) is 14.2 Å². The van der Waals surface area contributed by atoms with Gasteiger partial charge in [0.05, 0.1) is 33.0 Å². The van der Waals surface area contributed by atoms with Crippen LogP contribution in [0.15, 0.2) is 25.3 Å². The summed E-state index contributed by atoms with van der Waals surface area (Å²) in [5.74, 6) is 0. The van der Waals surface area contributed by atoms with Gasteiger partial charge in [0.15, 0.2) is 0 Å². The first-order chi connectivity index (χ1) is 9.24. The standard InChI is InChI=1S/C16H30O3/c1-5-9-12-19-15-16(8-4,13-17-10-6-2)14-18-11-7-3/h6-7H,2-3,5,8-15H2,1,4H3. The molecule has 3 nitrogen and oxygen atoms in total. The molecule has 0 saturated heterocycles. The van der Waals surface area contributed by atoms with Crippen molar-refractivity contribution in [1.29, 1.82) is 0 Å². The fourth-order valence-corrected chi connectivity index (χ4v) is 1.68. The highest BCUT2D eigenvalue weighted by molar-refractivity contribution is 4.79. The summed E-state index contributed by atoms with van der Waals surface area (Å²) < 4.78 is 17.0. The Morgan fingerprint density at radius 2 is 1.42 bits per heavy atom. The van der Waals surface area contributed by atoms with Crippen LogP contribution in [0.5, 0.6) is 0 Å². The number of unbranched alkanes of at least 4 members (excludes halogenated alkanes) is 1. The molecule has 0 atom stereocenters. The Bertz CT molecular complexity index is 212. The first-order valence-corrected chi connectivity index (χ1v) is 7.19. The third-order valence-electron chi connectivity index (χ3n) is 3.09. The van der Waals surface area contributed by atoms with Gasteiger partial charge in [0.25, 0.3) is 0 Å². The van der Waals surface area contributed by atoms with Crippen molar-refractivity contribution in [1.82, 2.24) is 0 Å². The van der Waals surface area contributed by atoms with Crippen LogP contribution in [0.25, 0.3) is 0 Å². The largest absolute Gasteiger partial charge is 0.381 e. The predicted octanol–water partition coefficient (Wildman–Crippen LogP) is 3.60. The minimum Gasteiger partial charge on any atom is -0.381 e. The van der Waals surface area contributed by atoms with Crippen LogP contribution in [0.1, 0.15) is 33.1 Å². The molecule has 0 aliphatic carbocycles. The minimum atomic E-state index is -0.0697. The molecule has 0 N–H and O–H groups in total. The molecule has 0 unspecified atom stereocenters. The van der Waals surface area contributed by atoms with E-state index in [1.165, 1.54) is 0 Å². The van der Waals surface area contributed by atoms with Gasteiger partial charge in [-0.25, -0.2) is 0 Å². The first-order valence-electron chi connectivity index (χ1n) is 7.19. The normalized spacial score (nSPS) is 11.5. The van der Waals surface area contributed by atoms with E-state index >= 15 is 0 Å². The van der Waals surface area contributed by atoms with Gasteiger partial charge in [0.1, 0.15) is 0 Å². The molecular weight excluding hydrogens is 240 g/mol. The average molecular weight is 270 g/mol. The lowest BCUT2D eigenvalue weighted by molar-refractivity contribution is -0.0635. The molecule has 3 heteroatoms. The van der Waals surface area contributed by atoms with Gasteiger partial charge in [-0.05, 0) is 12.8 Å². The van der Waals surface area contributed by atoms with Crippen molar-refractivity contribution < 1.29 is 14.2 Å². The third-order valence-corrected chi connectivity index (χ3v) is 3.09. The van der Waals surface area contributed by atoms with Crippen molar-refractivity contribution >= 4 is 0 Å². The highest BCUT2D eigenvalue weighted by Gasteiger charge is 2.29. The molecule has 0 aromatic rings. The van der Waals surface area contributed by atoms with E-state index in [-0.39, 0.29) is 5.41 Å². The van der Waals surface area contributed by atoms with Gasteiger partial charge in [-0.2, -0.15) is 0 Å². The minimum absolute atomic E-state index is 0.0697. The van der Waals surface area contributed by atoms with Crippen LogP contribution in [0.3, 0.4) is 0 Å². The van der Waals surface area contributed by atoms with E-state index in [0.717, 1.165) is 25.9 Å². The lowest BCUT2D eigenvalue weighted by Gasteiger charge is -2.31. The van der Waals surface area contributed by atoms with Crippen molar-refractivity contribution in [2.45, 2.75) is 33.1 Å². The third kappa shape index (κ3) is 8.98. The molecule has 19 heavy (non-hydrogen) atoms. The van der Waals surface area contributed by atoms with Crippen molar-refractivity contribution in [2.75, 3.05) is 39.6 Å². The lowest BCUT2D eigenvalue weighted by Crippen LogP contribution is -2.37. The van der Waals surface area contributed by atoms with Gasteiger partial charge in [0, 0.05) is 12.0 Å². The van der Waals surface area contributed by atoms with Crippen LogP contribution in [-0.4, -0.2) is 39.6 Å². The van der Waals surface area contributed by atoms with Crippen LogP contribution >= 0.6 is 0 Å². The Kier molecular flexibility index (Phi) is 12.0. The Morgan fingerprint density at radius 1 is 0.895 bits per heavy atom. The molecule has 0 fully saturated rings. The molecule has 0 heterocycles. The summed E-state index contributed by atoms with van der Waals surface area (Å²) in [7, 11) is 0. The summed E-state index contributed by atoms with van der Waals surface area (Å²) in [6, 6.07) is 0. The molecule has 0 aromatic carbocycles. The highest BCUT2D eigenvalue weighted by Crippen LogP contribution is 2.24. The van der Waals surface area contributed by atoms with E-state index in [4.69, 9.17) is 14.2 Å². The summed E-state index contributed by atoms with van der Waals surface area (Å²) >= 11 is 0. The van der Waals surface area contributed by atoms with Gasteiger partial charge in [0.2, 0.25) is 0 Å². The smallest absolute Gasteiger partial charge is 0.0645 e. The van der Waals surface area contributed by atoms with Crippen molar-refractivity contribution in [3.63, 3.8) is 0 Å². The topological polar surface area (TPSA) is 27.7 Å². The summed E-state index contributed by atoms with van der Waals surface area (Å²) in [5.41, 5.74) is -0.0697. The van der Waals surface area contributed by atoms with Gasteiger partial charge < -0.3 is 14.2 Å². The zero-order valence-electron chi connectivity index (χ0n) is 12.7. The highest BCUT2D eigenvalue weighted by atomic mass is 16.5. The summed E-state index contributed by atoms with van der Waals surface area (Å²) in [6.45, 7) is 15.5. The van der Waals surface area contributed by atoms with E-state index in [1.807, 2.05) is 0 Å². The van der Waals surface area contributed by atoms with Crippen molar-refractivity contribution in [3.8, 4) is 0 Å². The summed E-state index contributed by atoms with van der Waals surface area (Å²) in [6.07, 6.45) is 6.75. The molecule has 0 rings (SSSR count). The maximum absolute atomic E-state index is 5.78. The zero-order valence-corrected chi connectivity index (χ0v) is 12.7. The van der Waals surface area contributed by atoms with E-state index < -0.39 is 0 Å². The molecule has 0 saturated carbocycles. The summed E-state index contributed by atoms with van der Waals surface area (Å²) in [4.78, 5) is 0. The second-order valence-corrected chi connectivity index (χ2v) is 4.87. The Hall–Kier alpha value is -0.640. The average Bonchev–Trinajstić information content (AvgIpc) is 2.43. The van der Waals surface area contributed by atoms with E-state index in [9.17, 15) is 0 Å². The van der Waals surface area contributed by atoms with Gasteiger partial charge in [-0.1, -0.05) is 32.4 Å². The van der Waals surface area contributed by atoms with E-state index in [1.54, 1.807) is 12.2 Å². The molecule has 0 aliphatic heterocycles. The fraction of sp³-hybridized carbons (Fsp3) is 0.750. The van der Waals surface area contributed by atoms with Gasteiger partial charge in [-0.15, -0.1) is 13.2 Å². The van der Waals surface area contributed by atoms with E-state index in [2.05, 4.69) is 27.0 Å². The van der Waals surface area contributed by atoms with Crippen LogP contribution in [0, 0.1) is 5.41 Å². The Balaban J connectivity index is 4.27. The van der Waals surface area contributed by atoms with E-state index in [0.29, 0.717) is 33.0 Å². The molecule has 0 radical (unpaired) electrons. The molecule has 0 spiro atoms. The van der Waals surface area contributed by atoms with Crippen molar-refractivity contribution in [3.05, 3.63) is 25.3 Å². The number of rotatable bonds is 14. The second kappa shape index (κ2) is 12.4. The van der Waals surface area contributed by atoms with Crippen molar-refractivity contribution in [2.24, 2.45) is 5.41 Å². The quantitative estimate of drug-likeness (QED) is 0.356. The molecule has 0 aromatic heterocycles. The maximum atomic E-state index is 5.78. The fourth-order valence-electron chi connectivity index (χ4n) is 1.68. The predicted molar refractivity (Wildman–Crippen MR) is 80.5 cm³/mol. The number of ether oxygens (including phenoxy) is 3. The number of hydrogen-bond donors (Lipinski definition) is 0. The monoisotopic (exact) mass is 270 g/mol. The van der Waals surface area contributed by atoms with Crippen LogP contribution in [0.4, 0.5) is 0 Å². The lowest BCUT2D eigenvalue weighted by atomic mass is 9.88. The first kappa shape index (κ1) is 18.4. The number of hydrogen-bond acceptors (Lipinski definition) is 3. The van der Waals surface area contributed by atoms with Gasteiger partial charge >= 0.3 is 0 Å². The zero-order chi connectivity index (χ0) is 14.4. The molecule has 0 bridgehead atoms. The molecular formula is C16H30O3. The second-order valence-electron chi connectivity index (χ2n) is 4.87. The molecule has 0 aliphatic rings. The Morgan fingerprint density at radius 3 is 1.84 bits per heavy atom.